The average molecular weight is 423 g/mol. The van der Waals surface area contributed by atoms with Crippen LogP contribution in [-0.2, 0) is 9.53 Å². The number of hydrogen-bond acceptors (Lipinski definition) is 4. The van der Waals surface area contributed by atoms with E-state index in [0.29, 0.717) is 5.56 Å². The number of esters is 1. The third-order valence-corrected chi connectivity index (χ3v) is 4.63. The van der Waals surface area contributed by atoms with Gasteiger partial charge in [-0.2, -0.15) is 0 Å². The van der Waals surface area contributed by atoms with Gasteiger partial charge < -0.3 is 14.6 Å². The Kier molecular flexibility index (Phi) is 7.03. The van der Waals surface area contributed by atoms with Gasteiger partial charge in [-0.25, -0.2) is 14.0 Å². The van der Waals surface area contributed by atoms with Crippen molar-refractivity contribution in [3.8, 4) is 0 Å². The lowest BCUT2D eigenvalue weighted by molar-refractivity contribution is -0.112. The van der Waals surface area contributed by atoms with Gasteiger partial charge in [0.1, 0.15) is 6.61 Å². The van der Waals surface area contributed by atoms with Crippen LogP contribution in [0.5, 0.6) is 0 Å². The van der Waals surface area contributed by atoms with E-state index in [1.54, 1.807) is 36.4 Å². The van der Waals surface area contributed by atoms with E-state index in [1.165, 1.54) is 18.2 Å². The van der Waals surface area contributed by atoms with Crippen molar-refractivity contribution in [3.63, 3.8) is 0 Å². The quantitative estimate of drug-likeness (QED) is 0.399. The van der Waals surface area contributed by atoms with Gasteiger partial charge in [-0.15, -0.1) is 0 Å². The maximum absolute atomic E-state index is 14.3. The summed E-state index contributed by atoms with van der Waals surface area (Å²) in [6.45, 7) is -0.236. The number of rotatable bonds is 8. The standard InChI is InChI=1S/C19H16BrFO5/c20-15(11-26-19(25)12-6-2-1-3-7-12)17(16(21)10-22)13-8-4-5-9-14(13)18(23)24/h1-10,15-17H,11H2,(H,23,24). The minimum absolute atomic E-state index is 0.108. The molecule has 3 unspecified atom stereocenters. The number of benzene rings is 2. The maximum Gasteiger partial charge on any atom is 0.338 e. The van der Waals surface area contributed by atoms with Gasteiger partial charge in [0.25, 0.3) is 0 Å². The van der Waals surface area contributed by atoms with E-state index in [9.17, 15) is 23.9 Å². The Morgan fingerprint density at radius 1 is 1.12 bits per heavy atom. The lowest BCUT2D eigenvalue weighted by Gasteiger charge is -2.24. The number of aromatic carboxylic acids is 1. The van der Waals surface area contributed by atoms with Crippen LogP contribution in [0.2, 0.25) is 0 Å². The van der Waals surface area contributed by atoms with E-state index < -0.39 is 28.9 Å². The summed E-state index contributed by atoms with van der Waals surface area (Å²) >= 11 is 3.24. The van der Waals surface area contributed by atoms with E-state index in [-0.39, 0.29) is 24.0 Å². The van der Waals surface area contributed by atoms with E-state index in [2.05, 4.69) is 15.9 Å². The van der Waals surface area contributed by atoms with Crippen LogP contribution in [0, 0.1) is 0 Å². The summed E-state index contributed by atoms with van der Waals surface area (Å²) in [5.41, 5.74) is 0.375. The summed E-state index contributed by atoms with van der Waals surface area (Å²) in [5, 5.41) is 9.31. The molecule has 3 atom stereocenters. The van der Waals surface area contributed by atoms with Crippen molar-refractivity contribution in [2.75, 3.05) is 6.61 Å². The molecular formula is C19H16BrFO5. The Bertz CT molecular complexity index is 781. The Balaban J connectivity index is 2.21. The molecule has 0 aliphatic rings. The third kappa shape index (κ3) is 4.76. The van der Waals surface area contributed by atoms with Crippen molar-refractivity contribution >= 4 is 34.2 Å². The molecule has 0 aliphatic heterocycles. The molecule has 0 bridgehead atoms. The zero-order chi connectivity index (χ0) is 19.1. The highest BCUT2D eigenvalue weighted by atomic mass is 79.9. The number of carbonyl (C=O) groups is 3. The molecule has 0 spiro atoms. The minimum Gasteiger partial charge on any atom is -0.478 e. The van der Waals surface area contributed by atoms with E-state index >= 15 is 0 Å². The Hall–Kier alpha value is -2.54. The lowest BCUT2D eigenvalue weighted by atomic mass is 9.88. The van der Waals surface area contributed by atoms with Crippen LogP contribution < -0.4 is 0 Å². The molecule has 26 heavy (non-hydrogen) atoms. The summed E-state index contributed by atoms with van der Waals surface area (Å²) in [6, 6.07) is 14.1. The molecule has 0 radical (unpaired) electrons. The van der Waals surface area contributed by atoms with Gasteiger partial charge in [-0.3, -0.25) is 0 Å². The second-order valence-electron chi connectivity index (χ2n) is 5.48. The molecule has 5 nitrogen and oxygen atoms in total. The highest BCUT2D eigenvalue weighted by Crippen LogP contribution is 2.32. The first kappa shape index (κ1) is 19.8. The molecule has 7 heteroatoms. The second kappa shape index (κ2) is 9.24. The predicted octanol–water partition coefficient (Wildman–Crippen LogP) is 3.63. The molecule has 2 aromatic carbocycles. The third-order valence-electron chi connectivity index (χ3n) is 3.80. The number of ether oxygens (including phenoxy) is 1. The molecule has 0 heterocycles. The van der Waals surface area contributed by atoms with Crippen LogP contribution in [0.25, 0.3) is 0 Å². The predicted molar refractivity (Wildman–Crippen MR) is 96.5 cm³/mol. The van der Waals surface area contributed by atoms with Gasteiger partial charge in [-0.1, -0.05) is 52.3 Å². The van der Waals surface area contributed by atoms with Crippen molar-refractivity contribution in [2.24, 2.45) is 0 Å². The van der Waals surface area contributed by atoms with Gasteiger partial charge in [0.2, 0.25) is 0 Å². The van der Waals surface area contributed by atoms with Gasteiger partial charge in [0.05, 0.1) is 16.0 Å². The van der Waals surface area contributed by atoms with E-state index in [0.717, 1.165) is 0 Å². The van der Waals surface area contributed by atoms with Crippen molar-refractivity contribution in [3.05, 3.63) is 71.3 Å². The molecule has 0 fully saturated rings. The van der Waals surface area contributed by atoms with Crippen LogP contribution in [0.3, 0.4) is 0 Å². The molecule has 0 saturated carbocycles. The summed E-state index contributed by atoms with van der Waals surface area (Å²) in [6.07, 6.45) is -1.85. The molecule has 2 rings (SSSR count). The summed E-state index contributed by atoms with van der Waals surface area (Å²) in [5.74, 6) is -2.95. The Labute approximate surface area is 157 Å². The zero-order valence-electron chi connectivity index (χ0n) is 13.5. The van der Waals surface area contributed by atoms with Gasteiger partial charge in [0, 0.05) is 5.92 Å². The number of alkyl halides is 2. The maximum atomic E-state index is 14.3. The van der Waals surface area contributed by atoms with Crippen LogP contribution in [-0.4, -0.2) is 40.9 Å². The fraction of sp³-hybridized carbons (Fsp3) is 0.211. The fourth-order valence-corrected chi connectivity index (χ4v) is 3.26. The number of halogens is 2. The number of carbonyl (C=O) groups excluding carboxylic acids is 2. The molecule has 0 aliphatic carbocycles. The SMILES string of the molecule is O=CC(F)C(c1ccccc1C(=O)O)C(Br)COC(=O)c1ccccc1. The summed E-state index contributed by atoms with van der Waals surface area (Å²) < 4.78 is 19.5. The van der Waals surface area contributed by atoms with Crippen LogP contribution in [0.1, 0.15) is 32.2 Å². The first-order valence-corrected chi connectivity index (χ1v) is 8.65. The first-order chi connectivity index (χ1) is 12.5. The number of aldehydes is 1. The molecule has 136 valence electrons. The van der Waals surface area contributed by atoms with E-state index in [1.807, 2.05) is 0 Å². The molecule has 2 aromatic rings. The monoisotopic (exact) mass is 422 g/mol. The van der Waals surface area contributed by atoms with Gasteiger partial charge >= 0.3 is 11.9 Å². The molecular weight excluding hydrogens is 407 g/mol. The topological polar surface area (TPSA) is 80.7 Å². The number of carboxylic acid groups (broad SMARTS) is 1. The van der Waals surface area contributed by atoms with Crippen molar-refractivity contribution in [1.82, 2.24) is 0 Å². The zero-order valence-corrected chi connectivity index (χ0v) is 15.1. The smallest absolute Gasteiger partial charge is 0.338 e. The first-order valence-electron chi connectivity index (χ1n) is 7.73. The van der Waals surface area contributed by atoms with Crippen molar-refractivity contribution in [2.45, 2.75) is 16.9 Å². The molecule has 1 N–H and O–H groups in total. The van der Waals surface area contributed by atoms with Crippen LogP contribution >= 0.6 is 15.9 Å². The number of carboxylic acids is 1. The lowest BCUT2D eigenvalue weighted by Crippen LogP contribution is -2.30. The second-order valence-corrected chi connectivity index (χ2v) is 6.66. The molecule has 0 aromatic heterocycles. The van der Waals surface area contributed by atoms with Gasteiger partial charge in [0.15, 0.2) is 12.5 Å². The van der Waals surface area contributed by atoms with Crippen molar-refractivity contribution < 1.29 is 28.6 Å². The Morgan fingerprint density at radius 2 is 1.73 bits per heavy atom. The summed E-state index contributed by atoms with van der Waals surface area (Å²) in [4.78, 5) is 33.6. The highest BCUT2D eigenvalue weighted by Gasteiger charge is 2.33. The normalized spacial score (nSPS) is 14.1. The molecule has 0 amide bonds. The average Bonchev–Trinajstić information content (AvgIpc) is 2.67. The largest absolute Gasteiger partial charge is 0.478 e. The molecule has 0 saturated heterocycles. The van der Waals surface area contributed by atoms with E-state index in [4.69, 9.17) is 4.74 Å². The summed E-state index contributed by atoms with van der Waals surface area (Å²) in [7, 11) is 0. The van der Waals surface area contributed by atoms with Gasteiger partial charge in [-0.05, 0) is 23.8 Å². The van der Waals surface area contributed by atoms with Crippen molar-refractivity contribution in [1.29, 1.82) is 0 Å². The van der Waals surface area contributed by atoms with Crippen LogP contribution in [0.4, 0.5) is 4.39 Å². The minimum atomic E-state index is -1.96. The highest BCUT2D eigenvalue weighted by molar-refractivity contribution is 9.09. The fourth-order valence-electron chi connectivity index (χ4n) is 2.55. The Morgan fingerprint density at radius 3 is 2.35 bits per heavy atom. The number of hydrogen-bond donors (Lipinski definition) is 1. The van der Waals surface area contributed by atoms with Crippen LogP contribution in [0.15, 0.2) is 54.6 Å².